The molecular formula is C12H16O2. The first kappa shape index (κ1) is 9.53. The number of para-hydroxylation sites is 1. The summed E-state index contributed by atoms with van der Waals surface area (Å²) in [5.74, 6) is 1.44. The van der Waals surface area contributed by atoms with E-state index in [1.54, 1.807) is 0 Å². The lowest BCUT2D eigenvalue weighted by Crippen LogP contribution is -2.13. The smallest absolute Gasteiger partial charge is 0.119 e. The van der Waals surface area contributed by atoms with Crippen LogP contribution in [0.1, 0.15) is 19.3 Å². The molecule has 1 unspecified atom stereocenters. The molecule has 2 heteroatoms. The van der Waals surface area contributed by atoms with Crippen molar-refractivity contribution in [3.05, 3.63) is 30.3 Å². The summed E-state index contributed by atoms with van der Waals surface area (Å²) in [7, 11) is 0. The Kier molecular flexibility index (Phi) is 3.04. The molecule has 1 aromatic rings. The van der Waals surface area contributed by atoms with Gasteiger partial charge in [-0.15, -0.1) is 0 Å². The van der Waals surface area contributed by atoms with Crippen molar-refractivity contribution in [2.24, 2.45) is 5.92 Å². The largest absolute Gasteiger partial charge is 0.493 e. The highest BCUT2D eigenvalue weighted by Crippen LogP contribution is 2.33. The van der Waals surface area contributed by atoms with Gasteiger partial charge < -0.3 is 9.84 Å². The molecule has 1 fully saturated rings. The summed E-state index contributed by atoms with van der Waals surface area (Å²) in [6.45, 7) is 0.613. The molecule has 2 nitrogen and oxygen atoms in total. The number of benzene rings is 1. The molecule has 76 valence electrons. The summed E-state index contributed by atoms with van der Waals surface area (Å²) in [5.41, 5.74) is 0. The van der Waals surface area contributed by atoms with E-state index in [0.29, 0.717) is 12.5 Å². The molecule has 1 N–H and O–H groups in total. The molecule has 0 saturated heterocycles. The van der Waals surface area contributed by atoms with E-state index in [0.717, 1.165) is 12.2 Å². The molecular weight excluding hydrogens is 176 g/mol. The van der Waals surface area contributed by atoms with Gasteiger partial charge in [-0.25, -0.2) is 0 Å². The molecule has 1 saturated carbocycles. The minimum absolute atomic E-state index is 0.154. The van der Waals surface area contributed by atoms with Crippen molar-refractivity contribution in [3.8, 4) is 5.75 Å². The van der Waals surface area contributed by atoms with E-state index in [1.165, 1.54) is 12.8 Å². The normalized spacial score (nSPS) is 17.8. The van der Waals surface area contributed by atoms with Gasteiger partial charge in [-0.05, 0) is 30.9 Å². The second-order valence-corrected chi connectivity index (χ2v) is 3.85. The van der Waals surface area contributed by atoms with Crippen LogP contribution in [0.2, 0.25) is 0 Å². The highest BCUT2D eigenvalue weighted by molar-refractivity contribution is 5.20. The summed E-state index contributed by atoms with van der Waals surface area (Å²) < 4.78 is 5.49. The molecule has 0 bridgehead atoms. The topological polar surface area (TPSA) is 29.5 Å². The number of rotatable bonds is 5. The maximum atomic E-state index is 9.59. The predicted molar refractivity (Wildman–Crippen MR) is 55.3 cm³/mol. The molecule has 0 radical (unpaired) electrons. The third-order valence-electron chi connectivity index (χ3n) is 2.59. The van der Waals surface area contributed by atoms with Gasteiger partial charge in [0.1, 0.15) is 5.75 Å². The van der Waals surface area contributed by atoms with Gasteiger partial charge >= 0.3 is 0 Å². The Balaban J connectivity index is 1.67. The van der Waals surface area contributed by atoms with Crippen LogP contribution in [0.25, 0.3) is 0 Å². The summed E-state index contributed by atoms with van der Waals surface area (Å²) in [6.07, 6.45) is 2.97. The van der Waals surface area contributed by atoms with Crippen LogP contribution in [0.3, 0.4) is 0 Å². The van der Waals surface area contributed by atoms with Crippen LogP contribution in [0, 0.1) is 5.92 Å². The van der Waals surface area contributed by atoms with Gasteiger partial charge in [0.2, 0.25) is 0 Å². The SMILES string of the molecule is OC(CCOc1ccccc1)C1CC1. The van der Waals surface area contributed by atoms with Crippen LogP contribution >= 0.6 is 0 Å². The molecule has 0 heterocycles. The first-order valence-corrected chi connectivity index (χ1v) is 5.22. The second-order valence-electron chi connectivity index (χ2n) is 3.85. The Morgan fingerprint density at radius 1 is 1.29 bits per heavy atom. The zero-order chi connectivity index (χ0) is 9.80. The van der Waals surface area contributed by atoms with E-state index < -0.39 is 0 Å². The molecule has 14 heavy (non-hydrogen) atoms. The molecule has 0 spiro atoms. The molecule has 1 aliphatic carbocycles. The number of ether oxygens (including phenoxy) is 1. The van der Waals surface area contributed by atoms with E-state index >= 15 is 0 Å². The van der Waals surface area contributed by atoms with Gasteiger partial charge in [0.05, 0.1) is 12.7 Å². The number of hydrogen-bond donors (Lipinski definition) is 1. The van der Waals surface area contributed by atoms with Crippen LogP contribution in [-0.2, 0) is 0 Å². The number of hydrogen-bond acceptors (Lipinski definition) is 2. The lowest BCUT2D eigenvalue weighted by atomic mass is 10.2. The van der Waals surface area contributed by atoms with Crippen molar-refractivity contribution < 1.29 is 9.84 Å². The van der Waals surface area contributed by atoms with Crippen molar-refractivity contribution in [3.63, 3.8) is 0 Å². The fraction of sp³-hybridized carbons (Fsp3) is 0.500. The van der Waals surface area contributed by atoms with Crippen molar-refractivity contribution in [1.29, 1.82) is 0 Å². The molecule has 0 amide bonds. The molecule has 1 aliphatic rings. The third-order valence-corrected chi connectivity index (χ3v) is 2.59. The fourth-order valence-corrected chi connectivity index (χ4v) is 1.53. The molecule has 1 aromatic carbocycles. The summed E-state index contributed by atoms with van der Waals surface area (Å²) in [5, 5.41) is 9.59. The molecule has 1 atom stereocenters. The Bertz CT molecular complexity index is 267. The number of aliphatic hydroxyl groups is 1. The van der Waals surface area contributed by atoms with Gasteiger partial charge in [0.25, 0.3) is 0 Å². The average Bonchev–Trinajstić information content (AvgIpc) is 3.02. The first-order valence-electron chi connectivity index (χ1n) is 5.22. The van der Waals surface area contributed by atoms with Gasteiger partial charge in [-0.3, -0.25) is 0 Å². The maximum absolute atomic E-state index is 9.59. The molecule has 0 aliphatic heterocycles. The monoisotopic (exact) mass is 192 g/mol. The van der Waals surface area contributed by atoms with E-state index in [4.69, 9.17) is 4.74 Å². The van der Waals surface area contributed by atoms with Crippen molar-refractivity contribution >= 4 is 0 Å². The van der Waals surface area contributed by atoms with Gasteiger partial charge in [-0.1, -0.05) is 18.2 Å². The fourth-order valence-electron chi connectivity index (χ4n) is 1.53. The van der Waals surface area contributed by atoms with Crippen molar-refractivity contribution in [2.45, 2.75) is 25.4 Å². The van der Waals surface area contributed by atoms with Crippen LogP contribution in [0.4, 0.5) is 0 Å². The zero-order valence-electron chi connectivity index (χ0n) is 8.23. The highest BCUT2D eigenvalue weighted by atomic mass is 16.5. The lowest BCUT2D eigenvalue weighted by molar-refractivity contribution is 0.119. The van der Waals surface area contributed by atoms with E-state index in [1.807, 2.05) is 30.3 Å². The highest BCUT2D eigenvalue weighted by Gasteiger charge is 2.29. The van der Waals surface area contributed by atoms with Crippen LogP contribution < -0.4 is 4.74 Å². The van der Waals surface area contributed by atoms with E-state index in [9.17, 15) is 5.11 Å². The van der Waals surface area contributed by atoms with Crippen molar-refractivity contribution in [1.82, 2.24) is 0 Å². The van der Waals surface area contributed by atoms with Crippen LogP contribution in [-0.4, -0.2) is 17.8 Å². The van der Waals surface area contributed by atoms with E-state index in [2.05, 4.69) is 0 Å². The Morgan fingerprint density at radius 3 is 2.64 bits per heavy atom. The van der Waals surface area contributed by atoms with Crippen LogP contribution in [0.5, 0.6) is 5.75 Å². The minimum Gasteiger partial charge on any atom is -0.493 e. The first-order chi connectivity index (χ1) is 6.86. The standard InChI is InChI=1S/C12H16O2/c13-12(10-6-7-10)8-9-14-11-4-2-1-3-5-11/h1-5,10,12-13H,6-9H2. The Labute approximate surface area is 84.5 Å². The van der Waals surface area contributed by atoms with Gasteiger partial charge in [0.15, 0.2) is 0 Å². The average molecular weight is 192 g/mol. The Morgan fingerprint density at radius 2 is 2.00 bits per heavy atom. The van der Waals surface area contributed by atoms with Gasteiger partial charge in [0, 0.05) is 6.42 Å². The minimum atomic E-state index is -0.154. The summed E-state index contributed by atoms with van der Waals surface area (Å²) in [6, 6.07) is 9.73. The zero-order valence-corrected chi connectivity index (χ0v) is 8.23. The second kappa shape index (κ2) is 4.47. The summed E-state index contributed by atoms with van der Waals surface area (Å²) in [4.78, 5) is 0. The lowest BCUT2D eigenvalue weighted by Gasteiger charge is -2.10. The molecule has 2 rings (SSSR count). The van der Waals surface area contributed by atoms with Crippen molar-refractivity contribution in [2.75, 3.05) is 6.61 Å². The van der Waals surface area contributed by atoms with Crippen LogP contribution in [0.15, 0.2) is 30.3 Å². The predicted octanol–water partition coefficient (Wildman–Crippen LogP) is 2.23. The Hall–Kier alpha value is -1.02. The summed E-state index contributed by atoms with van der Waals surface area (Å²) >= 11 is 0. The van der Waals surface area contributed by atoms with E-state index in [-0.39, 0.29) is 6.10 Å². The molecule has 0 aromatic heterocycles. The quantitative estimate of drug-likeness (QED) is 0.775. The van der Waals surface area contributed by atoms with Gasteiger partial charge in [-0.2, -0.15) is 0 Å². The maximum Gasteiger partial charge on any atom is 0.119 e. The number of aliphatic hydroxyl groups excluding tert-OH is 1. The third kappa shape index (κ3) is 2.74.